The highest BCUT2D eigenvalue weighted by Gasteiger charge is 2.33. The minimum absolute atomic E-state index is 0.545. The summed E-state index contributed by atoms with van der Waals surface area (Å²) in [4.78, 5) is 26.6. The van der Waals surface area contributed by atoms with Crippen LogP contribution in [0.4, 0.5) is 5.69 Å². The fourth-order valence-corrected chi connectivity index (χ4v) is 3.11. The zero-order chi connectivity index (χ0) is 21.1. The number of carbonyl (C=O) groups excluding carboxylic acids is 2. The highest BCUT2D eigenvalue weighted by Crippen LogP contribution is 2.26. The van der Waals surface area contributed by atoms with Crippen LogP contribution < -0.4 is 4.90 Å². The Hall–Kier alpha value is -3.22. The van der Waals surface area contributed by atoms with Gasteiger partial charge in [0.25, 0.3) is 11.8 Å². The molecule has 150 valence electrons. The topological polar surface area (TPSA) is 81.1 Å². The van der Waals surface area contributed by atoms with Crippen molar-refractivity contribution in [2.24, 2.45) is 0 Å². The lowest BCUT2D eigenvalue weighted by Gasteiger charge is -2.25. The molecule has 6 nitrogen and oxygen atoms in total. The second kappa shape index (κ2) is 8.43. The molecule has 2 N–H and O–H groups in total. The van der Waals surface area contributed by atoms with Crippen molar-refractivity contribution in [2.75, 3.05) is 26.0 Å². The van der Waals surface area contributed by atoms with Crippen LogP contribution in [0.5, 0.6) is 0 Å². The van der Waals surface area contributed by atoms with Crippen molar-refractivity contribution < 1.29 is 19.8 Å². The van der Waals surface area contributed by atoms with E-state index in [0.717, 1.165) is 26.8 Å². The van der Waals surface area contributed by atoms with Gasteiger partial charge in [0.15, 0.2) is 12.2 Å². The van der Waals surface area contributed by atoms with Crippen molar-refractivity contribution in [3.8, 4) is 11.1 Å². The van der Waals surface area contributed by atoms with Crippen molar-refractivity contribution >= 4 is 28.3 Å². The van der Waals surface area contributed by atoms with E-state index in [-0.39, 0.29) is 0 Å². The fraction of sp³-hybridized carbons (Fsp3) is 0.217. The number of anilines is 1. The first-order valence-corrected chi connectivity index (χ1v) is 9.23. The average Bonchev–Trinajstić information content (AvgIpc) is 2.76. The van der Waals surface area contributed by atoms with E-state index in [0.29, 0.717) is 5.69 Å². The maximum Gasteiger partial charge on any atom is 0.258 e. The molecule has 6 heteroatoms. The predicted molar refractivity (Wildman–Crippen MR) is 114 cm³/mol. The van der Waals surface area contributed by atoms with Gasteiger partial charge in [0, 0.05) is 26.8 Å². The normalized spacial score (nSPS) is 13.0. The first kappa shape index (κ1) is 20.5. The van der Waals surface area contributed by atoms with E-state index in [4.69, 9.17) is 0 Å². The number of likely N-dealkylation sites (N-methyl/N-ethyl adjacent to an activating group) is 2. The molecule has 0 aliphatic rings. The Kier molecular flexibility index (Phi) is 5.96. The molecule has 0 aliphatic carbocycles. The van der Waals surface area contributed by atoms with Crippen molar-refractivity contribution in [1.82, 2.24) is 4.90 Å². The van der Waals surface area contributed by atoms with Crippen molar-refractivity contribution in [3.05, 3.63) is 66.7 Å². The van der Waals surface area contributed by atoms with Gasteiger partial charge in [-0.25, -0.2) is 0 Å². The van der Waals surface area contributed by atoms with Gasteiger partial charge in [-0.15, -0.1) is 0 Å². The van der Waals surface area contributed by atoms with Crippen LogP contribution >= 0.6 is 0 Å². The van der Waals surface area contributed by atoms with Gasteiger partial charge in [0.2, 0.25) is 0 Å². The number of aliphatic hydroxyl groups excluding tert-OH is 2. The van der Waals surface area contributed by atoms with E-state index >= 15 is 0 Å². The number of benzene rings is 3. The van der Waals surface area contributed by atoms with E-state index in [1.165, 1.54) is 26.0 Å². The maximum atomic E-state index is 12.5. The summed E-state index contributed by atoms with van der Waals surface area (Å²) in [5.74, 6) is -1.49. The molecule has 0 saturated heterocycles. The second-order valence-electron chi connectivity index (χ2n) is 7.13. The SMILES string of the molecule is CN(C)C(=O)[C@H](O)[C@@H](O)C(=O)N(C)c1ccc(-c2ccc3ccccc3c2)cc1. The van der Waals surface area contributed by atoms with Crippen LogP contribution in [0.15, 0.2) is 66.7 Å². The molecule has 0 spiro atoms. The Morgan fingerprint density at radius 1 is 0.724 bits per heavy atom. The highest BCUT2D eigenvalue weighted by molar-refractivity contribution is 6.00. The van der Waals surface area contributed by atoms with Gasteiger partial charge >= 0.3 is 0 Å². The zero-order valence-electron chi connectivity index (χ0n) is 16.6. The molecule has 0 heterocycles. The first-order chi connectivity index (χ1) is 13.8. The third-order valence-corrected chi connectivity index (χ3v) is 4.91. The third-order valence-electron chi connectivity index (χ3n) is 4.91. The molecule has 0 radical (unpaired) electrons. The fourth-order valence-electron chi connectivity index (χ4n) is 3.11. The Morgan fingerprint density at radius 3 is 1.90 bits per heavy atom. The lowest BCUT2D eigenvalue weighted by atomic mass is 10.0. The summed E-state index contributed by atoms with van der Waals surface area (Å²) in [6.07, 6.45) is -3.65. The number of nitrogens with zero attached hydrogens (tertiary/aromatic N) is 2. The summed E-state index contributed by atoms with van der Waals surface area (Å²) in [7, 11) is 4.37. The van der Waals surface area contributed by atoms with Crippen LogP contribution in [-0.2, 0) is 9.59 Å². The number of fused-ring (bicyclic) bond motifs is 1. The molecule has 3 aromatic carbocycles. The highest BCUT2D eigenvalue weighted by atomic mass is 16.3. The van der Waals surface area contributed by atoms with E-state index in [1.54, 1.807) is 12.1 Å². The molecule has 0 fully saturated rings. The number of hydrogen-bond donors (Lipinski definition) is 2. The smallest absolute Gasteiger partial charge is 0.258 e. The van der Waals surface area contributed by atoms with Gasteiger partial charge in [-0.05, 0) is 40.1 Å². The third kappa shape index (κ3) is 4.29. The quantitative estimate of drug-likeness (QED) is 0.698. The van der Waals surface area contributed by atoms with Crippen LogP contribution in [0.3, 0.4) is 0 Å². The Bertz CT molecular complexity index is 1030. The number of aliphatic hydroxyl groups is 2. The second-order valence-corrected chi connectivity index (χ2v) is 7.13. The molecule has 0 saturated carbocycles. The summed E-state index contributed by atoms with van der Waals surface area (Å²) in [5.41, 5.74) is 2.59. The number of hydrogen-bond acceptors (Lipinski definition) is 4. The lowest BCUT2D eigenvalue weighted by Crippen LogP contribution is -2.49. The molecule has 2 amide bonds. The van der Waals surface area contributed by atoms with Crippen molar-refractivity contribution in [1.29, 1.82) is 0 Å². The van der Waals surface area contributed by atoms with Crippen LogP contribution in [0.2, 0.25) is 0 Å². The van der Waals surface area contributed by atoms with Gasteiger partial charge in [-0.3, -0.25) is 9.59 Å². The van der Waals surface area contributed by atoms with Gasteiger partial charge in [0.1, 0.15) is 0 Å². The molecule has 0 bridgehead atoms. The molecule has 2 atom stereocenters. The Labute approximate surface area is 169 Å². The summed E-state index contributed by atoms with van der Waals surface area (Å²) in [5, 5.41) is 22.3. The predicted octanol–water partition coefficient (Wildman–Crippen LogP) is 2.28. The van der Waals surface area contributed by atoms with Crippen LogP contribution in [-0.4, -0.2) is 60.3 Å². The van der Waals surface area contributed by atoms with Crippen molar-refractivity contribution in [3.63, 3.8) is 0 Å². The molecular weight excluding hydrogens is 368 g/mol. The molecule has 0 unspecified atom stereocenters. The van der Waals surface area contributed by atoms with Gasteiger partial charge < -0.3 is 20.0 Å². The molecule has 3 aromatic rings. The largest absolute Gasteiger partial charge is 0.380 e. The maximum absolute atomic E-state index is 12.5. The minimum Gasteiger partial charge on any atom is -0.380 e. The van der Waals surface area contributed by atoms with Gasteiger partial charge in [0.05, 0.1) is 0 Å². The van der Waals surface area contributed by atoms with Crippen LogP contribution in [0, 0.1) is 0 Å². The molecule has 29 heavy (non-hydrogen) atoms. The molecular formula is C23H24N2O4. The molecule has 0 aliphatic heterocycles. The van der Waals surface area contributed by atoms with Crippen LogP contribution in [0.1, 0.15) is 0 Å². The molecule has 3 rings (SSSR count). The first-order valence-electron chi connectivity index (χ1n) is 9.23. The van der Waals surface area contributed by atoms with E-state index in [2.05, 4.69) is 24.3 Å². The standard InChI is InChI=1S/C23H24N2O4/c1-24(2)22(28)20(26)21(27)23(29)25(3)19-12-10-16(11-13-19)18-9-8-15-6-4-5-7-17(15)14-18/h4-14,20-21,26-27H,1-3H3/t20-,21-/m1/s1. The van der Waals surface area contributed by atoms with Gasteiger partial charge in [-0.1, -0.05) is 48.5 Å². The average molecular weight is 392 g/mol. The number of carbonyl (C=O) groups is 2. The number of rotatable bonds is 5. The molecule has 0 aromatic heterocycles. The van der Waals surface area contributed by atoms with E-state index in [9.17, 15) is 19.8 Å². The Balaban J connectivity index is 1.78. The lowest BCUT2D eigenvalue weighted by molar-refractivity contribution is -0.149. The minimum atomic E-state index is -1.84. The Morgan fingerprint density at radius 2 is 1.28 bits per heavy atom. The van der Waals surface area contributed by atoms with Crippen LogP contribution in [0.25, 0.3) is 21.9 Å². The summed E-state index contributed by atoms with van der Waals surface area (Å²) < 4.78 is 0. The van der Waals surface area contributed by atoms with Crippen molar-refractivity contribution in [2.45, 2.75) is 12.2 Å². The van der Waals surface area contributed by atoms with E-state index in [1.807, 2.05) is 30.3 Å². The van der Waals surface area contributed by atoms with Gasteiger partial charge in [-0.2, -0.15) is 0 Å². The summed E-state index contributed by atoms with van der Waals surface area (Å²) in [6.45, 7) is 0. The monoisotopic (exact) mass is 392 g/mol. The summed E-state index contributed by atoms with van der Waals surface area (Å²) >= 11 is 0. The summed E-state index contributed by atoms with van der Waals surface area (Å²) in [6, 6.07) is 21.6. The zero-order valence-corrected chi connectivity index (χ0v) is 16.6. The number of amides is 2. The van der Waals surface area contributed by atoms with E-state index < -0.39 is 24.0 Å².